The van der Waals surface area contributed by atoms with Gasteiger partial charge in [-0.3, -0.25) is 9.59 Å². The first kappa shape index (κ1) is 9.71. The molecule has 1 aliphatic heterocycles. The molecule has 0 bridgehead atoms. The minimum atomic E-state index is -0.515. The molecule has 78 valence electrons. The van der Waals surface area contributed by atoms with E-state index in [2.05, 4.69) is 5.32 Å². The van der Waals surface area contributed by atoms with Crippen molar-refractivity contribution in [2.45, 2.75) is 12.3 Å². The summed E-state index contributed by atoms with van der Waals surface area (Å²) >= 11 is 0. The second-order valence-electron chi connectivity index (χ2n) is 3.55. The zero-order valence-corrected chi connectivity index (χ0v) is 8.06. The van der Waals surface area contributed by atoms with E-state index < -0.39 is 11.7 Å². The summed E-state index contributed by atoms with van der Waals surface area (Å²) < 4.78 is 0. The molecule has 4 nitrogen and oxygen atoms in total. The molecule has 0 saturated carbocycles. The van der Waals surface area contributed by atoms with Crippen LogP contribution in [0.1, 0.15) is 17.9 Å². The lowest BCUT2D eigenvalue weighted by Gasteiger charge is -2.20. The van der Waals surface area contributed by atoms with Crippen LogP contribution in [0.3, 0.4) is 0 Å². The summed E-state index contributed by atoms with van der Waals surface area (Å²) in [6.45, 7) is 0.524. The third-order valence-corrected chi connectivity index (χ3v) is 2.55. The molecule has 1 heterocycles. The Hall–Kier alpha value is -1.84. The molecule has 1 aromatic carbocycles. The highest BCUT2D eigenvalue weighted by Crippen LogP contribution is 2.24. The number of piperidine rings is 1. The summed E-state index contributed by atoms with van der Waals surface area (Å²) in [4.78, 5) is 22.7. The average molecular weight is 205 g/mol. The van der Waals surface area contributed by atoms with E-state index in [1.807, 2.05) is 0 Å². The summed E-state index contributed by atoms with van der Waals surface area (Å²) in [6.07, 6.45) is 0.620. The van der Waals surface area contributed by atoms with Crippen molar-refractivity contribution in [2.75, 3.05) is 6.54 Å². The Morgan fingerprint density at radius 3 is 2.53 bits per heavy atom. The number of amides is 1. The van der Waals surface area contributed by atoms with Gasteiger partial charge in [0, 0.05) is 6.54 Å². The number of Topliss-reactive ketones (excluding diaryl/α,β-unsaturated/α-hetero) is 1. The van der Waals surface area contributed by atoms with Crippen LogP contribution in [-0.4, -0.2) is 23.3 Å². The quantitative estimate of drug-likeness (QED) is 0.658. The van der Waals surface area contributed by atoms with Crippen molar-refractivity contribution < 1.29 is 14.7 Å². The van der Waals surface area contributed by atoms with Gasteiger partial charge in [-0.1, -0.05) is 12.1 Å². The molecule has 1 saturated heterocycles. The van der Waals surface area contributed by atoms with Gasteiger partial charge < -0.3 is 10.4 Å². The van der Waals surface area contributed by atoms with E-state index >= 15 is 0 Å². The Balaban J connectivity index is 2.26. The Morgan fingerprint density at radius 2 is 1.87 bits per heavy atom. The lowest BCUT2D eigenvalue weighted by Crippen LogP contribution is -2.41. The third kappa shape index (κ3) is 1.83. The van der Waals surface area contributed by atoms with E-state index in [0.29, 0.717) is 13.0 Å². The number of phenols is 1. The second-order valence-corrected chi connectivity index (χ2v) is 3.55. The van der Waals surface area contributed by atoms with E-state index in [1.54, 1.807) is 12.1 Å². The highest BCUT2D eigenvalue weighted by Gasteiger charge is 2.30. The van der Waals surface area contributed by atoms with Gasteiger partial charge in [0.1, 0.15) is 5.75 Å². The van der Waals surface area contributed by atoms with Crippen molar-refractivity contribution in [2.24, 2.45) is 0 Å². The van der Waals surface area contributed by atoms with Gasteiger partial charge in [-0.25, -0.2) is 0 Å². The number of rotatable bonds is 1. The first-order chi connectivity index (χ1) is 7.18. The fourth-order valence-corrected chi connectivity index (χ4v) is 1.73. The number of ketones is 1. The molecule has 1 fully saturated rings. The monoisotopic (exact) mass is 205 g/mol. The fraction of sp³-hybridized carbons (Fsp3) is 0.273. The van der Waals surface area contributed by atoms with Crippen molar-refractivity contribution >= 4 is 11.7 Å². The molecule has 0 aliphatic carbocycles. The zero-order valence-electron chi connectivity index (χ0n) is 8.06. The van der Waals surface area contributed by atoms with E-state index in [4.69, 9.17) is 5.11 Å². The van der Waals surface area contributed by atoms with E-state index in [0.717, 1.165) is 5.56 Å². The van der Waals surface area contributed by atoms with Gasteiger partial charge in [0.2, 0.25) is 5.78 Å². The summed E-state index contributed by atoms with van der Waals surface area (Å²) in [6, 6.07) is 6.40. The minimum absolute atomic E-state index is 0.159. The first-order valence-corrected chi connectivity index (χ1v) is 4.79. The maximum atomic E-state index is 11.5. The summed E-state index contributed by atoms with van der Waals surface area (Å²) in [5.74, 6) is -1.11. The topological polar surface area (TPSA) is 66.4 Å². The fourth-order valence-electron chi connectivity index (χ4n) is 1.73. The average Bonchev–Trinajstić information content (AvgIpc) is 2.24. The number of aromatic hydroxyl groups is 1. The number of hydrogen-bond donors (Lipinski definition) is 2. The van der Waals surface area contributed by atoms with Crippen molar-refractivity contribution in [1.29, 1.82) is 0 Å². The number of nitrogens with one attached hydrogen (secondary N) is 1. The normalized spacial score (nSPS) is 21.2. The van der Waals surface area contributed by atoms with Crippen LogP contribution in [0.2, 0.25) is 0 Å². The van der Waals surface area contributed by atoms with Gasteiger partial charge in [0.05, 0.1) is 5.92 Å². The van der Waals surface area contributed by atoms with Crippen LogP contribution in [-0.2, 0) is 9.59 Å². The first-order valence-electron chi connectivity index (χ1n) is 4.79. The molecule has 0 spiro atoms. The number of phenolic OH excluding ortho intramolecular Hbond substituents is 1. The maximum Gasteiger partial charge on any atom is 0.288 e. The van der Waals surface area contributed by atoms with E-state index in [1.165, 1.54) is 12.1 Å². The molecule has 4 heteroatoms. The molecule has 2 rings (SSSR count). The zero-order chi connectivity index (χ0) is 10.8. The summed E-state index contributed by atoms with van der Waals surface area (Å²) in [5.41, 5.74) is 0.785. The van der Waals surface area contributed by atoms with Crippen molar-refractivity contribution in [3.63, 3.8) is 0 Å². The van der Waals surface area contributed by atoms with Crippen LogP contribution in [0.25, 0.3) is 0 Å². The summed E-state index contributed by atoms with van der Waals surface area (Å²) in [7, 11) is 0. The molecular weight excluding hydrogens is 194 g/mol. The molecule has 1 unspecified atom stereocenters. The smallest absolute Gasteiger partial charge is 0.288 e. The Kier molecular flexibility index (Phi) is 2.41. The van der Waals surface area contributed by atoms with Gasteiger partial charge in [-0.05, 0) is 24.1 Å². The van der Waals surface area contributed by atoms with Crippen LogP contribution in [0, 0.1) is 0 Å². The molecular formula is C11H11NO3. The Labute approximate surface area is 86.9 Å². The third-order valence-electron chi connectivity index (χ3n) is 2.55. The van der Waals surface area contributed by atoms with Crippen LogP contribution in [0.4, 0.5) is 0 Å². The van der Waals surface area contributed by atoms with Crippen molar-refractivity contribution in [3.05, 3.63) is 29.8 Å². The van der Waals surface area contributed by atoms with E-state index in [9.17, 15) is 9.59 Å². The van der Waals surface area contributed by atoms with E-state index in [-0.39, 0.29) is 11.7 Å². The largest absolute Gasteiger partial charge is 0.508 e. The minimum Gasteiger partial charge on any atom is -0.508 e. The van der Waals surface area contributed by atoms with Crippen LogP contribution in [0.5, 0.6) is 5.75 Å². The van der Waals surface area contributed by atoms with Gasteiger partial charge >= 0.3 is 0 Å². The van der Waals surface area contributed by atoms with Crippen molar-refractivity contribution in [1.82, 2.24) is 5.32 Å². The second kappa shape index (κ2) is 3.73. The summed E-state index contributed by atoms with van der Waals surface area (Å²) in [5, 5.41) is 11.6. The lowest BCUT2D eigenvalue weighted by atomic mass is 9.89. The molecule has 1 atom stereocenters. The van der Waals surface area contributed by atoms with Gasteiger partial charge in [0.15, 0.2) is 0 Å². The van der Waals surface area contributed by atoms with Crippen LogP contribution < -0.4 is 5.32 Å². The predicted octanol–water partition coefficient (Wildman–Crippen LogP) is 0.565. The molecule has 15 heavy (non-hydrogen) atoms. The molecule has 1 aliphatic rings. The van der Waals surface area contributed by atoms with Gasteiger partial charge in [-0.2, -0.15) is 0 Å². The highest BCUT2D eigenvalue weighted by atomic mass is 16.3. The SMILES string of the molecule is O=C1NCCC(c2ccc(O)cc2)C1=O. The molecule has 1 aromatic rings. The highest BCUT2D eigenvalue weighted by molar-refractivity contribution is 6.38. The predicted molar refractivity (Wildman–Crippen MR) is 53.5 cm³/mol. The Morgan fingerprint density at radius 1 is 1.20 bits per heavy atom. The van der Waals surface area contributed by atoms with Gasteiger partial charge in [0.25, 0.3) is 5.91 Å². The van der Waals surface area contributed by atoms with Crippen LogP contribution in [0.15, 0.2) is 24.3 Å². The number of hydrogen-bond acceptors (Lipinski definition) is 3. The molecule has 2 N–H and O–H groups in total. The number of carbonyl (C=O) groups is 2. The van der Waals surface area contributed by atoms with Gasteiger partial charge in [-0.15, -0.1) is 0 Å². The molecule has 0 aromatic heterocycles. The number of benzene rings is 1. The standard InChI is InChI=1S/C11H11NO3/c13-8-3-1-7(2-4-8)9-5-6-12-11(15)10(9)14/h1-4,9,13H,5-6H2,(H,12,15). The van der Waals surface area contributed by atoms with Crippen molar-refractivity contribution in [3.8, 4) is 5.75 Å². The number of carbonyl (C=O) groups excluding carboxylic acids is 2. The molecule has 1 amide bonds. The maximum absolute atomic E-state index is 11.5. The Bertz CT molecular complexity index is 397. The lowest BCUT2D eigenvalue weighted by molar-refractivity contribution is -0.140. The van der Waals surface area contributed by atoms with Crippen LogP contribution >= 0.6 is 0 Å². The molecule has 0 radical (unpaired) electrons.